The van der Waals surface area contributed by atoms with Crippen LogP contribution in [0.3, 0.4) is 0 Å². The predicted octanol–water partition coefficient (Wildman–Crippen LogP) is 8.43. The van der Waals surface area contributed by atoms with Crippen molar-refractivity contribution in [3.8, 4) is 0 Å². The van der Waals surface area contributed by atoms with Crippen LogP contribution in [0.5, 0.6) is 0 Å². The molecule has 0 saturated carbocycles. The Morgan fingerprint density at radius 3 is 1.69 bits per heavy atom. The lowest BCUT2D eigenvalue weighted by molar-refractivity contribution is -0.0986. The van der Waals surface area contributed by atoms with Gasteiger partial charge in [-0.15, -0.1) is 0 Å². The Kier molecular flexibility index (Phi) is 21.0. The number of benzene rings is 1. The second kappa shape index (κ2) is 23.1. The van der Waals surface area contributed by atoms with Gasteiger partial charge in [-0.05, 0) is 24.5 Å². The van der Waals surface area contributed by atoms with Gasteiger partial charge in [-0.2, -0.15) is 0 Å². The van der Waals surface area contributed by atoms with E-state index in [0.717, 1.165) is 24.0 Å². The number of unbranched alkanes of at least 4 members (excludes halogenated alkanes) is 15. The zero-order chi connectivity index (χ0) is 28.6. The molecule has 0 radical (unpaired) electrons. The van der Waals surface area contributed by atoms with Crippen molar-refractivity contribution in [3.63, 3.8) is 0 Å². The van der Waals surface area contributed by atoms with Gasteiger partial charge < -0.3 is 24.2 Å². The average Bonchev–Trinajstić information content (AvgIpc) is 2.96. The fourth-order valence-corrected chi connectivity index (χ4v) is 4.60. The summed E-state index contributed by atoms with van der Waals surface area (Å²) in [4.78, 5) is 14.1. The van der Waals surface area contributed by atoms with Gasteiger partial charge in [-0.3, -0.25) is 0 Å². The van der Waals surface area contributed by atoms with E-state index >= 15 is 0 Å². The summed E-state index contributed by atoms with van der Waals surface area (Å²) in [6.45, 7) is 5.77. The number of ether oxygens (including phenoxy) is 3. The lowest BCUT2D eigenvalue weighted by Gasteiger charge is -2.28. The number of nitrogens with zero attached hydrogens (tertiary/aromatic N) is 1. The van der Waals surface area contributed by atoms with Crippen LogP contribution in [0.2, 0.25) is 0 Å². The molecule has 1 atom stereocenters. The van der Waals surface area contributed by atoms with E-state index in [2.05, 4.69) is 6.92 Å². The first-order valence-corrected chi connectivity index (χ1v) is 15.6. The average molecular weight is 550 g/mol. The quantitative estimate of drug-likeness (QED) is 0.124. The molecule has 1 aromatic carbocycles. The van der Waals surface area contributed by atoms with E-state index in [1.807, 2.05) is 31.2 Å². The van der Waals surface area contributed by atoms with Crippen LogP contribution in [0.4, 0.5) is 4.79 Å². The molecule has 1 unspecified atom stereocenters. The number of methoxy groups -OCH3 is 1. The molecule has 0 heterocycles. The Hall–Kier alpha value is -1.63. The lowest BCUT2D eigenvalue weighted by atomic mass is 10.0. The maximum Gasteiger partial charge on any atom is 0.409 e. The first kappa shape index (κ1) is 35.4. The summed E-state index contributed by atoms with van der Waals surface area (Å²) < 4.78 is 16.9. The van der Waals surface area contributed by atoms with Gasteiger partial charge in [0.1, 0.15) is 12.2 Å². The summed E-state index contributed by atoms with van der Waals surface area (Å²) in [6.07, 6.45) is 21.1. The van der Waals surface area contributed by atoms with Crippen molar-refractivity contribution in [1.29, 1.82) is 0 Å². The van der Waals surface area contributed by atoms with E-state index < -0.39 is 5.60 Å². The molecular weight excluding hydrogens is 490 g/mol. The Labute approximate surface area is 239 Å². The standard InChI is InChI=1S/C33H59NO5/c1-5-6-7-8-9-10-11-12-13-14-15-16-17-18-19-20-25-34(3)32(36)39-29-33(2,37-4)28-38-27-31-23-21-30(26-35)22-24-31/h21-24,35H,5-20,25-29H2,1-4H3. The molecule has 1 amide bonds. The molecule has 0 spiro atoms. The smallest absolute Gasteiger partial charge is 0.409 e. The highest BCUT2D eigenvalue weighted by Crippen LogP contribution is 2.15. The maximum absolute atomic E-state index is 12.4. The van der Waals surface area contributed by atoms with Crippen LogP contribution in [0.1, 0.15) is 128 Å². The zero-order valence-electron chi connectivity index (χ0n) is 25.7. The second-order valence-corrected chi connectivity index (χ2v) is 11.4. The summed E-state index contributed by atoms with van der Waals surface area (Å²) in [5.41, 5.74) is 1.17. The van der Waals surface area contributed by atoms with E-state index in [0.29, 0.717) is 19.8 Å². The van der Waals surface area contributed by atoms with Gasteiger partial charge >= 0.3 is 6.09 Å². The number of amides is 1. The van der Waals surface area contributed by atoms with Crippen LogP contribution >= 0.6 is 0 Å². The zero-order valence-corrected chi connectivity index (χ0v) is 25.7. The number of hydrogen-bond donors (Lipinski definition) is 1. The van der Waals surface area contributed by atoms with Crippen LogP contribution in [-0.4, -0.2) is 55.6 Å². The summed E-state index contributed by atoms with van der Waals surface area (Å²) in [7, 11) is 3.40. The number of hydrogen-bond acceptors (Lipinski definition) is 5. The molecule has 0 aliphatic carbocycles. The van der Waals surface area contributed by atoms with Gasteiger partial charge in [0.25, 0.3) is 0 Å². The Bertz CT molecular complexity index is 711. The third-order valence-corrected chi connectivity index (χ3v) is 7.53. The monoisotopic (exact) mass is 549 g/mol. The minimum atomic E-state index is -0.713. The van der Waals surface area contributed by atoms with Gasteiger partial charge in [0.15, 0.2) is 0 Å². The van der Waals surface area contributed by atoms with Gasteiger partial charge in [0.2, 0.25) is 0 Å². The largest absolute Gasteiger partial charge is 0.446 e. The predicted molar refractivity (Wildman–Crippen MR) is 161 cm³/mol. The van der Waals surface area contributed by atoms with Crippen molar-refractivity contribution in [2.75, 3.05) is 33.9 Å². The summed E-state index contributed by atoms with van der Waals surface area (Å²) in [5, 5.41) is 9.15. The highest BCUT2D eigenvalue weighted by molar-refractivity contribution is 5.67. The topological polar surface area (TPSA) is 68.2 Å². The first-order chi connectivity index (χ1) is 18.9. The third-order valence-electron chi connectivity index (χ3n) is 7.53. The number of carbonyl (C=O) groups is 1. The van der Waals surface area contributed by atoms with E-state index in [4.69, 9.17) is 19.3 Å². The lowest BCUT2D eigenvalue weighted by Crippen LogP contribution is -2.41. The molecule has 0 aliphatic heterocycles. The molecule has 1 N–H and O–H groups in total. The van der Waals surface area contributed by atoms with Crippen LogP contribution in [-0.2, 0) is 27.4 Å². The molecule has 1 rings (SSSR count). The van der Waals surface area contributed by atoms with E-state index in [-0.39, 0.29) is 19.3 Å². The molecule has 6 nitrogen and oxygen atoms in total. The van der Waals surface area contributed by atoms with Crippen molar-refractivity contribution in [2.24, 2.45) is 0 Å². The van der Waals surface area contributed by atoms with Crippen LogP contribution in [0, 0.1) is 0 Å². The molecule has 0 saturated heterocycles. The molecule has 226 valence electrons. The van der Waals surface area contributed by atoms with Crippen molar-refractivity contribution in [3.05, 3.63) is 35.4 Å². The van der Waals surface area contributed by atoms with Gasteiger partial charge in [0.05, 0.1) is 19.8 Å². The SMILES string of the molecule is CCCCCCCCCCCCCCCCCCN(C)C(=O)OCC(C)(COCc1ccc(CO)cc1)OC. The van der Waals surface area contributed by atoms with E-state index in [1.165, 1.54) is 89.9 Å². The summed E-state index contributed by atoms with van der Waals surface area (Å²) in [5.74, 6) is 0. The second-order valence-electron chi connectivity index (χ2n) is 11.4. The van der Waals surface area contributed by atoms with Crippen LogP contribution in [0.25, 0.3) is 0 Å². The van der Waals surface area contributed by atoms with Gasteiger partial charge in [-0.1, -0.05) is 128 Å². The van der Waals surface area contributed by atoms with Crippen molar-refractivity contribution in [2.45, 2.75) is 135 Å². The Morgan fingerprint density at radius 2 is 1.23 bits per heavy atom. The van der Waals surface area contributed by atoms with E-state index in [1.54, 1.807) is 19.1 Å². The van der Waals surface area contributed by atoms with Crippen LogP contribution < -0.4 is 0 Å². The summed E-state index contributed by atoms with van der Waals surface area (Å²) in [6, 6.07) is 7.63. The van der Waals surface area contributed by atoms with Gasteiger partial charge in [0, 0.05) is 20.7 Å². The highest BCUT2D eigenvalue weighted by atomic mass is 16.6. The number of carbonyl (C=O) groups excluding carboxylic acids is 1. The normalized spacial score (nSPS) is 12.8. The number of rotatable bonds is 25. The third kappa shape index (κ3) is 18.4. The molecule has 39 heavy (non-hydrogen) atoms. The maximum atomic E-state index is 12.4. The highest BCUT2D eigenvalue weighted by Gasteiger charge is 2.27. The molecular formula is C33H59NO5. The molecule has 0 aliphatic rings. The molecule has 0 bridgehead atoms. The van der Waals surface area contributed by atoms with Crippen molar-refractivity contribution < 1.29 is 24.1 Å². The minimum Gasteiger partial charge on any atom is -0.446 e. The summed E-state index contributed by atoms with van der Waals surface area (Å²) >= 11 is 0. The molecule has 0 fully saturated rings. The minimum absolute atomic E-state index is 0.0299. The van der Waals surface area contributed by atoms with Crippen molar-refractivity contribution >= 4 is 6.09 Å². The Morgan fingerprint density at radius 1 is 0.769 bits per heavy atom. The first-order valence-electron chi connectivity index (χ1n) is 15.6. The number of aliphatic hydroxyl groups excluding tert-OH is 1. The molecule has 6 heteroatoms. The Balaban J connectivity index is 2.02. The molecule has 0 aromatic heterocycles. The van der Waals surface area contributed by atoms with Crippen molar-refractivity contribution in [1.82, 2.24) is 4.90 Å². The van der Waals surface area contributed by atoms with E-state index in [9.17, 15) is 4.79 Å². The van der Waals surface area contributed by atoms with Crippen LogP contribution in [0.15, 0.2) is 24.3 Å². The number of aliphatic hydroxyl groups is 1. The van der Waals surface area contributed by atoms with Gasteiger partial charge in [-0.25, -0.2) is 4.79 Å². The molecule has 1 aromatic rings. The fraction of sp³-hybridized carbons (Fsp3) is 0.788. The fourth-order valence-electron chi connectivity index (χ4n) is 4.60.